The Morgan fingerprint density at radius 1 is 0.784 bits per heavy atom. The molecule has 37 heavy (non-hydrogen) atoms. The molecule has 0 atom stereocenters. The summed E-state index contributed by atoms with van der Waals surface area (Å²) in [7, 11) is 0. The number of hydrogen-bond acceptors (Lipinski definition) is 3. The molecule has 0 bridgehead atoms. The van der Waals surface area contributed by atoms with Crippen molar-refractivity contribution in [3.8, 4) is 22.6 Å². The lowest BCUT2D eigenvalue weighted by molar-refractivity contribution is -0.228. The van der Waals surface area contributed by atoms with Crippen molar-refractivity contribution in [2.75, 3.05) is 13.2 Å². The molecule has 0 spiro atoms. The lowest BCUT2D eigenvalue weighted by atomic mass is 9.79. The van der Waals surface area contributed by atoms with Crippen LogP contribution >= 0.6 is 0 Å². The SMILES string of the molecule is CCOc1ccc2c(c1F)C(F)(F)C(F)(F)c1c-2ccc(OC(=C2CC2)C2CCC(OCC)CC2)c1F. The summed E-state index contributed by atoms with van der Waals surface area (Å²) in [6, 6.07) is 4.38. The van der Waals surface area contributed by atoms with Crippen molar-refractivity contribution in [1.29, 1.82) is 0 Å². The fraction of sp³-hybridized carbons (Fsp3) is 0.500. The van der Waals surface area contributed by atoms with Gasteiger partial charge in [-0.2, -0.15) is 17.6 Å². The number of benzene rings is 2. The Balaban J connectivity index is 1.54. The van der Waals surface area contributed by atoms with Crippen molar-refractivity contribution >= 4 is 0 Å². The summed E-state index contributed by atoms with van der Waals surface area (Å²) in [6.07, 6.45) is 4.71. The topological polar surface area (TPSA) is 27.7 Å². The summed E-state index contributed by atoms with van der Waals surface area (Å²) in [5.41, 5.74) is -3.03. The average molecular weight is 527 g/mol. The molecule has 3 aliphatic rings. The van der Waals surface area contributed by atoms with E-state index in [0.29, 0.717) is 12.4 Å². The smallest absolute Gasteiger partial charge is 0.343 e. The van der Waals surface area contributed by atoms with Crippen LogP contribution in [0.25, 0.3) is 11.1 Å². The third kappa shape index (κ3) is 4.29. The third-order valence-electron chi connectivity index (χ3n) is 7.34. The first-order chi connectivity index (χ1) is 17.6. The van der Waals surface area contributed by atoms with Gasteiger partial charge >= 0.3 is 11.8 Å². The molecule has 0 N–H and O–H groups in total. The van der Waals surface area contributed by atoms with Crippen molar-refractivity contribution in [3.63, 3.8) is 0 Å². The maximum absolute atomic E-state index is 15.7. The molecule has 0 aromatic heterocycles. The normalized spacial score (nSPS) is 23.2. The molecule has 0 aliphatic heterocycles. The minimum atomic E-state index is -5.02. The summed E-state index contributed by atoms with van der Waals surface area (Å²) < 4.78 is 108. The van der Waals surface area contributed by atoms with Gasteiger partial charge in [0, 0.05) is 12.5 Å². The van der Waals surface area contributed by atoms with E-state index in [2.05, 4.69) is 0 Å². The first-order valence-electron chi connectivity index (χ1n) is 12.7. The third-order valence-corrected chi connectivity index (χ3v) is 7.34. The molecule has 0 heterocycles. The van der Waals surface area contributed by atoms with E-state index in [0.717, 1.165) is 68.4 Å². The minimum Gasteiger partial charge on any atom is -0.491 e. The zero-order valence-electron chi connectivity index (χ0n) is 20.6. The summed E-state index contributed by atoms with van der Waals surface area (Å²) in [6.45, 7) is 4.00. The Labute approximate surface area is 211 Å². The standard InChI is InChI=1S/C28H28F6O3/c1-3-35-17-9-7-16(8-10-17)26(15-5-6-15)37-21-14-12-19-18-11-13-20(36-4-2)24(29)22(18)27(31,32)28(33,34)23(19)25(21)30/h11-14,16-17H,3-10H2,1-2H3. The van der Waals surface area contributed by atoms with Crippen LogP contribution in [-0.2, 0) is 16.6 Å². The molecule has 200 valence electrons. The first kappa shape index (κ1) is 25.9. The summed E-state index contributed by atoms with van der Waals surface area (Å²) >= 11 is 0. The Hall–Kier alpha value is -2.68. The molecule has 2 saturated carbocycles. The number of fused-ring (bicyclic) bond motifs is 3. The van der Waals surface area contributed by atoms with Crippen molar-refractivity contribution < 1.29 is 40.6 Å². The first-order valence-corrected chi connectivity index (χ1v) is 12.7. The van der Waals surface area contributed by atoms with Crippen molar-refractivity contribution in [3.05, 3.63) is 58.4 Å². The number of hydrogen-bond donors (Lipinski definition) is 0. The van der Waals surface area contributed by atoms with Gasteiger partial charge in [-0.25, -0.2) is 8.78 Å². The molecular formula is C28H28F6O3. The second kappa shape index (κ2) is 9.57. The Bertz CT molecular complexity index is 1220. The molecule has 5 rings (SSSR count). The highest BCUT2D eigenvalue weighted by atomic mass is 19.3. The highest BCUT2D eigenvalue weighted by Gasteiger charge is 2.65. The van der Waals surface area contributed by atoms with Gasteiger partial charge in [0.1, 0.15) is 5.76 Å². The van der Waals surface area contributed by atoms with E-state index in [1.807, 2.05) is 6.92 Å². The van der Waals surface area contributed by atoms with Crippen LogP contribution in [0.5, 0.6) is 11.5 Å². The predicted octanol–water partition coefficient (Wildman–Crippen LogP) is 8.25. The van der Waals surface area contributed by atoms with Gasteiger partial charge in [-0.15, -0.1) is 0 Å². The predicted molar refractivity (Wildman–Crippen MR) is 125 cm³/mol. The average Bonchev–Trinajstić information content (AvgIpc) is 3.69. The van der Waals surface area contributed by atoms with E-state index in [9.17, 15) is 4.39 Å². The Morgan fingerprint density at radius 3 is 1.84 bits per heavy atom. The quantitative estimate of drug-likeness (QED) is 0.269. The van der Waals surface area contributed by atoms with E-state index < -0.39 is 57.2 Å². The molecular weight excluding hydrogens is 498 g/mol. The van der Waals surface area contributed by atoms with Gasteiger partial charge in [-0.3, -0.25) is 0 Å². The molecule has 2 fully saturated rings. The highest BCUT2D eigenvalue weighted by Crippen LogP contribution is 2.60. The Morgan fingerprint density at radius 2 is 1.32 bits per heavy atom. The van der Waals surface area contributed by atoms with Crippen LogP contribution in [0, 0.1) is 17.6 Å². The number of rotatable bonds is 7. The van der Waals surface area contributed by atoms with Crippen LogP contribution in [-0.4, -0.2) is 19.3 Å². The van der Waals surface area contributed by atoms with E-state index in [4.69, 9.17) is 14.2 Å². The lowest BCUT2D eigenvalue weighted by Crippen LogP contribution is -2.41. The van der Waals surface area contributed by atoms with Gasteiger partial charge in [-0.1, -0.05) is 0 Å². The van der Waals surface area contributed by atoms with Gasteiger partial charge in [0.2, 0.25) is 0 Å². The molecule has 0 amide bonds. The van der Waals surface area contributed by atoms with Crippen LogP contribution in [0.3, 0.4) is 0 Å². The number of alkyl halides is 4. The fourth-order valence-corrected chi connectivity index (χ4v) is 5.44. The van der Waals surface area contributed by atoms with Gasteiger partial charge in [-0.05, 0) is 93.3 Å². The molecule has 2 aromatic rings. The fourth-order valence-electron chi connectivity index (χ4n) is 5.44. The molecule has 9 heteroatoms. The second-order valence-electron chi connectivity index (χ2n) is 9.68. The number of allylic oxidation sites excluding steroid dienone is 2. The second-order valence-corrected chi connectivity index (χ2v) is 9.68. The van der Waals surface area contributed by atoms with E-state index in [1.54, 1.807) is 0 Å². The van der Waals surface area contributed by atoms with E-state index in [1.165, 1.54) is 6.92 Å². The maximum atomic E-state index is 15.7. The number of halogens is 6. The van der Waals surface area contributed by atoms with Gasteiger partial charge < -0.3 is 14.2 Å². The minimum absolute atomic E-state index is 0.0293. The monoisotopic (exact) mass is 526 g/mol. The zero-order chi connectivity index (χ0) is 26.5. The van der Waals surface area contributed by atoms with Crippen LogP contribution in [0.4, 0.5) is 26.3 Å². The van der Waals surface area contributed by atoms with Crippen molar-refractivity contribution in [2.45, 2.75) is 70.3 Å². The van der Waals surface area contributed by atoms with Gasteiger partial charge in [0.05, 0.1) is 23.8 Å². The summed E-state index contributed by atoms with van der Waals surface area (Å²) in [5, 5.41) is 0. The Kier molecular flexibility index (Phi) is 6.71. The molecule has 0 saturated heterocycles. The van der Waals surface area contributed by atoms with Gasteiger partial charge in [0.15, 0.2) is 23.1 Å². The molecule has 0 radical (unpaired) electrons. The lowest BCUT2D eigenvalue weighted by Gasteiger charge is -2.36. The van der Waals surface area contributed by atoms with Crippen LogP contribution in [0.1, 0.15) is 63.5 Å². The summed E-state index contributed by atoms with van der Waals surface area (Å²) in [5.74, 6) is -13.8. The molecule has 3 nitrogen and oxygen atoms in total. The molecule has 0 unspecified atom stereocenters. The van der Waals surface area contributed by atoms with Crippen molar-refractivity contribution in [2.24, 2.45) is 5.92 Å². The molecule has 2 aromatic carbocycles. The zero-order valence-corrected chi connectivity index (χ0v) is 20.6. The van der Waals surface area contributed by atoms with E-state index in [-0.39, 0.29) is 18.6 Å². The summed E-state index contributed by atoms with van der Waals surface area (Å²) in [4.78, 5) is 0. The largest absolute Gasteiger partial charge is 0.491 e. The van der Waals surface area contributed by atoms with Crippen molar-refractivity contribution in [1.82, 2.24) is 0 Å². The van der Waals surface area contributed by atoms with E-state index >= 15 is 22.0 Å². The van der Waals surface area contributed by atoms with Crippen LogP contribution in [0.2, 0.25) is 0 Å². The maximum Gasteiger partial charge on any atom is 0.343 e. The van der Waals surface area contributed by atoms with Crippen LogP contribution in [0.15, 0.2) is 35.6 Å². The molecule has 3 aliphatic carbocycles. The van der Waals surface area contributed by atoms with Crippen LogP contribution < -0.4 is 9.47 Å². The highest BCUT2D eigenvalue weighted by molar-refractivity contribution is 5.78. The van der Waals surface area contributed by atoms with Gasteiger partial charge in [0.25, 0.3) is 0 Å². The number of ether oxygens (including phenoxy) is 3.